The van der Waals surface area contributed by atoms with Crippen LogP contribution < -0.4 is 10.1 Å². The number of carbonyl (C=O) groups excluding carboxylic acids is 1. The fourth-order valence-corrected chi connectivity index (χ4v) is 5.03. The standard InChI is InChI=1S/C24H33N3O4S/c1-18-6-5-13-27(16-18)17-20-9-7-19(8-10-20)15-25-24(28)21-11-12-22(31-4)23(14-21)32(29,30)26(2)3/h7-12,14,18H,5-6,13,15-17H2,1-4H3,(H,25,28). The van der Waals surface area contributed by atoms with Crippen molar-refractivity contribution in [3.8, 4) is 5.75 Å². The number of hydrogen-bond acceptors (Lipinski definition) is 5. The van der Waals surface area contributed by atoms with Crippen LogP contribution >= 0.6 is 0 Å². The summed E-state index contributed by atoms with van der Waals surface area (Å²) in [6.45, 7) is 5.91. The van der Waals surface area contributed by atoms with Crippen molar-refractivity contribution in [3.63, 3.8) is 0 Å². The van der Waals surface area contributed by atoms with Crippen molar-refractivity contribution in [3.05, 3.63) is 59.2 Å². The largest absolute Gasteiger partial charge is 0.495 e. The van der Waals surface area contributed by atoms with Crippen molar-refractivity contribution in [2.75, 3.05) is 34.3 Å². The van der Waals surface area contributed by atoms with E-state index in [1.165, 1.54) is 51.7 Å². The molecule has 3 rings (SSSR count). The Hall–Kier alpha value is -2.42. The van der Waals surface area contributed by atoms with Crippen LogP contribution in [0.4, 0.5) is 0 Å². The van der Waals surface area contributed by atoms with Crippen molar-refractivity contribution in [2.45, 2.75) is 37.8 Å². The number of likely N-dealkylation sites (tertiary alicyclic amines) is 1. The fraction of sp³-hybridized carbons (Fsp3) is 0.458. The molecule has 0 saturated carbocycles. The third kappa shape index (κ3) is 5.88. The van der Waals surface area contributed by atoms with E-state index in [-0.39, 0.29) is 22.1 Å². The molecule has 8 heteroatoms. The van der Waals surface area contributed by atoms with E-state index in [0.717, 1.165) is 35.4 Å². The number of benzene rings is 2. The lowest BCUT2D eigenvalue weighted by atomic mass is 9.99. The lowest BCUT2D eigenvalue weighted by Crippen LogP contribution is -2.33. The molecule has 1 aliphatic heterocycles. The highest BCUT2D eigenvalue weighted by Gasteiger charge is 2.24. The topological polar surface area (TPSA) is 79.0 Å². The van der Waals surface area contributed by atoms with Crippen LogP contribution in [0, 0.1) is 5.92 Å². The molecule has 2 aromatic carbocycles. The molecule has 1 amide bonds. The number of rotatable bonds is 8. The Morgan fingerprint density at radius 3 is 2.47 bits per heavy atom. The highest BCUT2D eigenvalue weighted by Crippen LogP contribution is 2.27. The predicted molar refractivity (Wildman–Crippen MR) is 125 cm³/mol. The van der Waals surface area contributed by atoms with Crippen LogP contribution in [0.15, 0.2) is 47.4 Å². The molecule has 1 fully saturated rings. The lowest BCUT2D eigenvalue weighted by molar-refractivity contribution is 0.0950. The highest BCUT2D eigenvalue weighted by atomic mass is 32.2. The summed E-state index contributed by atoms with van der Waals surface area (Å²) >= 11 is 0. The van der Waals surface area contributed by atoms with Gasteiger partial charge >= 0.3 is 0 Å². The minimum atomic E-state index is -3.74. The molecule has 0 bridgehead atoms. The summed E-state index contributed by atoms with van der Waals surface area (Å²) in [7, 11) is 0.546. The number of carbonyl (C=O) groups is 1. The maximum absolute atomic E-state index is 12.7. The first-order valence-electron chi connectivity index (χ1n) is 10.9. The normalized spacial score (nSPS) is 17.3. The zero-order chi connectivity index (χ0) is 23.3. The summed E-state index contributed by atoms with van der Waals surface area (Å²) in [6, 6.07) is 12.7. The van der Waals surface area contributed by atoms with Crippen LogP contribution in [0.25, 0.3) is 0 Å². The predicted octanol–water partition coefficient (Wildman–Crippen LogP) is 3.11. The Bertz CT molecular complexity index is 1040. The molecular weight excluding hydrogens is 426 g/mol. The first-order valence-corrected chi connectivity index (χ1v) is 12.3. The second-order valence-corrected chi connectivity index (χ2v) is 10.8. The molecule has 7 nitrogen and oxygen atoms in total. The second kappa shape index (κ2) is 10.5. The van der Waals surface area contributed by atoms with Crippen molar-refractivity contribution in [2.24, 2.45) is 5.92 Å². The number of amides is 1. The molecule has 1 aliphatic rings. The van der Waals surface area contributed by atoms with Gasteiger partial charge in [-0.1, -0.05) is 31.2 Å². The van der Waals surface area contributed by atoms with E-state index < -0.39 is 10.0 Å². The Labute approximate surface area is 191 Å². The van der Waals surface area contributed by atoms with Crippen molar-refractivity contribution in [1.82, 2.24) is 14.5 Å². The molecular formula is C24H33N3O4S. The van der Waals surface area contributed by atoms with Gasteiger partial charge in [0.05, 0.1) is 7.11 Å². The summed E-state index contributed by atoms with van der Waals surface area (Å²) < 4.78 is 31.4. The number of methoxy groups -OCH3 is 1. The van der Waals surface area contributed by atoms with Gasteiger partial charge < -0.3 is 10.1 Å². The van der Waals surface area contributed by atoms with Gasteiger partial charge in [0.1, 0.15) is 10.6 Å². The van der Waals surface area contributed by atoms with E-state index in [4.69, 9.17) is 4.74 Å². The van der Waals surface area contributed by atoms with E-state index in [9.17, 15) is 13.2 Å². The molecule has 174 valence electrons. The Kier molecular flexibility index (Phi) is 7.92. The van der Waals surface area contributed by atoms with Crippen LogP contribution in [0.3, 0.4) is 0 Å². The Morgan fingerprint density at radius 2 is 1.84 bits per heavy atom. The minimum absolute atomic E-state index is 0.0333. The van der Waals surface area contributed by atoms with Gasteiger partial charge in [0.25, 0.3) is 5.91 Å². The Balaban J connectivity index is 1.63. The van der Waals surface area contributed by atoms with E-state index in [2.05, 4.69) is 29.3 Å². The number of piperidine rings is 1. The molecule has 1 unspecified atom stereocenters. The molecule has 0 aliphatic carbocycles. The SMILES string of the molecule is COc1ccc(C(=O)NCc2ccc(CN3CCCC(C)C3)cc2)cc1S(=O)(=O)N(C)C. The molecule has 1 heterocycles. The summed E-state index contributed by atoms with van der Waals surface area (Å²) in [5.41, 5.74) is 2.52. The molecule has 1 N–H and O–H groups in total. The van der Waals surface area contributed by atoms with E-state index in [0.29, 0.717) is 6.54 Å². The smallest absolute Gasteiger partial charge is 0.251 e. The monoisotopic (exact) mass is 459 g/mol. The number of nitrogens with zero attached hydrogens (tertiary/aromatic N) is 2. The van der Waals surface area contributed by atoms with Gasteiger partial charge in [-0.05, 0) is 54.6 Å². The molecule has 1 saturated heterocycles. The molecule has 0 spiro atoms. The average Bonchev–Trinajstić information content (AvgIpc) is 2.78. The average molecular weight is 460 g/mol. The van der Waals surface area contributed by atoms with Gasteiger partial charge in [0.15, 0.2) is 0 Å². The zero-order valence-corrected chi connectivity index (χ0v) is 20.1. The van der Waals surface area contributed by atoms with Crippen LogP contribution in [0.5, 0.6) is 5.75 Å². The maximum Gasteiger partial charge on any atom is 0.251 e. The van der Waals surface area contributed by atoms with Crippen molar-refractivity contribution >= 4 is 15.9 Å². The number of ether oxygens (including phenoxy) is 1. The van der Waals surface area contributed by atoms with Crippen LogP contribution in [-0.4, -0.2) is 57.8 Å². The summed E-state index contributed by atoms with van der Waals surface area (Å²) in [5, 5.41) is 2.87. The number of nitrogens with one attached hydrogen (secondary N) is 1. The molecule has 0 aromatic heterocycles. The fourth-order valence-electron chi connectivity index (χ4n) is 3.95. The molecule has 0 radical (unpaired) electrons. The van der Waals surface area contributed by atoms with Crippen LogP contribution in [0.2, 0.25) is 0 Å². The van der Waals surface area contributed by atoms with Gasteiger partial charge in [-0.25, -0.2) is 12.7 Å². The minimum Gasteiger partial charge on any atom is -0.495 e. The first kappa shape index (κ1) is 24.2. The molecule has 1 atom stereocenters. The molecule has 2 aromatic rings. The summed E-state index contributed by atoms with van der Waals surface area (Å²) in [6.07, 6.45) is 2.57. The zero-order valence-electron chi connectivity index (χ0n) is 19.3. The van der Waals surface area contributed by atoms with Crippen LogP contribution in [0.1, 0.15) is 41.3 Å². The van der Waals surface area contributed by atoms with Crippen molar-refractivity contribution in [1.29, 1.82) is 0 Å². The lowest BCUT2D eigenvalue weighted by Gasteiger charge is -2.30. The molecule has 32 heavy (non-hydrogen) atoms. The third-order valence-electron chi connectivity index (χ3n) is 5.81. The highest BCUT2D eigenvalue weighted by molar-refractivity contribution is 7.89. The van der Waals surface area contributed by atoms with E-state index in [1.807, 2.05) is 12.1 Å². The van der Waals surface area contributed by atoms with Crippen molar-refractivity contribution < 1.29 is 17.9 Å². The van der Waals surface area contributed by atoms with E-state index in [1.54, 1.807) is 6.07 Å². The number of hydrogen-bond donors (Lipinski definition) is 1. The van der Waals surface area contributed by atoms with Crippen LogP contribution in [-0.2, 0) is 23.1 Å². The quantitative estimate of drug-likeness (QED) is 0.656. The van der Waals surface area contributed by atoms with Gasteiger partial charge in [0, 0.05) is 39.3 Å². The third-order valence-corrected chi connectivity index (χ3v) is 7.64. The van der Waals surface area contributed by atoms with Gasteiger partial charge in [-0.2, -0.15) is 0 Å². The van der Waals surface area contributed by atoms with Gasteiger partial charge in [0.2, 0.25) is 10.0 Å². The maximum atomic E-state index is 12.7. The summed E-state index contributed by atoms with van der Waals surface area (Å²) in [5.74, 6) is 0.618. The first-order chi connectivity index (χ1) is 15.2. The second-order valence-electron chi connectivity index (χ2n) is 8.63. The summed E-state index contributed by atoms with van der Waals surface area (Å²) in [4.78, 5) is 15.1. The van der Waals surface area contributed by atoms with Gasteiger partial charge in [-0.3, -0.25) is 9.69 Å². The van der Waals surface area contributed by atoms with E-state index >= 15 is 0 Å². The van der Waals surface area contributed by atoms with Gasteiger partial charge in [-0.15, -0.1) is 0 Å². The Morgan fingerprint density at radius 1 is 1.16 bits per heavy atom. The number of sulfonamides is 1.